The highest BCUT2D eigenvalue weighted by Gasteiger charge is 2.15. The summed E-state index contributed by atoms with van der Waals surface area (Å²) in [5.41, 5.74) is 4.37. The highest BCUT2D eigenvalue weighted by molar-refractivity contribution is 7.19. The van der Waals surface area contributed by atoms with Crippen LogP contribution in [0.1, 0.15) is 59.1 Å². The summed E-state index contributed by atoms with van der Waals surface area (Å²) >= 11 is 5.76. The highest BCUT2D eigenvalue weighted by Crippen LogP contribution is 2.37. The Morgan fingerprint density at radius 3 is 2.50 bits per heavy atom. The summed E-state index contributed by atoms with van der Waals surface area (Å²) in [6.07, 6.45) is 2.10. The number of benzene rings is 3. The Morgan fingerprint density at radius 1 is 0.765 bits per heavy atom. The van der Waals surface area contributed by atoms with E-state index in [0.29, 0.717) is 11.8 Å². The third-order valence-corrected chi connectivity index (χ3v) is 10.3. The van der Waals surface area contributed by atoms with Crippen molar-refractivity contribution in [1.29, 1.82) is 0 Å². The fourth-order valence-electron chi connectivity index (χ4n) is 5.12. The molecule has 6 aromatic rings. The lowest BCUT2D eigenvalue weighted by molar-refractivity contribution is 0.781. The topological polar surface area (TPSA) is 0 Å². The lowest BCUT2D eigenvalue weighted by Gasteiger charge is -2.11. The summed E-state index contributed by atoms with van der Waals surface area (Å²) < 4.78 is 2.86. The molecule has 34 heavy (non-hydrogen) atoms. The van der Waals surface area contributed by atoms with Gasteiger partial charge in [-0.1, -0.05) is 75.4 Å². The zero-order valence-electron chi connectivity index (χ0n) is 19.8. The van der Waals surface area contributed by atoms with Gasteiger partial charge in [0, 0.05) is 25.6 Å². The smallest absolute Gasteiger partial charge is 0.0381 e. The molecule has 0 aliphatic heterocycles. The third-order valence-electron chi connectivity index (χ3n) is 6.86. The first kappa shape index (κ1) is 22.0. The van der Waals surface area contributed by atoms with E-state index in [9.17, 15) is 0 Å². The van der Waals surface area contributed by atoms with E-state index in [2.05, 4.69) is 98.3 Å². The summed E-state index contributed by atoms with van der Waals surface area (Å²) in [6, 6.07) is 25.1. The Bertz CT molecular complexity index is 1610. The minimum absolute atomic E-state index is 0.520. The average molecular weight is 497 g/mol. The zero-order valence-corrected chi connectivity index (χ0v) is 22.2. The van der Waals surface area contributed by atoms with E-state index in [1.807, 2.05) is 34.0 Å². The van der Waals surface area contributed by atoms with Crippen LogP contribution in [0.25, 0.3) is 30.9 Å². The van der Waals surface area contributed by atoms with E-state index in [1.165, 1.54) is 57.4 Å². The molecule has 1 atom stereocenters. The molecule has 170 valence electrons. The standard InChI is InChI=1S/C31H28S3/c1-19(2)28-18-33-31-22(8-6-10-27(28)31)15-25-16-24-14-21(11-12-29(24)34-25)13-20(3)30-26-9-5-4-7-23(26)17-32-30/h4-12,14,16-20H,13,15H2,1-3H3. The average Bonchev–Trinajstić information content (AvgIpc) is 3.55. The second-order valence-electron chi connectivity index (χ2n) is 9.69. The molecule has 0 N–H and O–H groups in total. The van der Waals surface area contributed by atoms with Gasteiger partial charge in [0.2, 0.25) is 0 Å². The highest BCUT2D eigenvalue weighted by atomic mass is 32.1. The molecule has 3 aromatic heterocycles. The van der Waals surface area contributed by atoms with Crippen molar-refractivity contribution in [3.8, 4) is 0 Å². The normalized spacial score (nSPS) is 12.9. The Morgan fingerprint density at radius 2 is 1.62 bits per heavy atom. The Labute approximate surface area is 213 Å². The van der Waals surface area contributed by atoms with Gasteiger partial charge in [0.1, 0.15) is 0 Å². The van der Waals surface area contributed by atoms with Crippen LogP contribution in [0.2, 0.25) is 0 Å². The quantitative estimate of drug-likeness (QED) is 0.215. The maximum atomic E-state index is 2.42. The minimum atomic E-state index is 0.520. The molecule has 6 rings (SSSR count). The third kappa shape index (κ3) is 4.00. The van der Waals surface area contributed by atoms with Gasteiger partial charge in [0.15, 0.2) is 0 Å². The Balaban J connectivity index is 1.26. The summed E-state index contributed by atoms with van der Waals surface area (Å²) in [5, 5.41) is 10.3. The van der Waals surface area contributed by atoms with Crippen LogP contribution in [-0.2, 0) is 12.8 Å². The van der Waals surface area contributed by atoms with Crippen LogP contribution >= 0.6 is 34.0 Å². The van der Waals surface area contributed by atoms with Crippen LogP contribution in [0.15, 0.2) is 77.5 Å². The largest absolute Gasteiger partial charge is 0.147 e. The van der Waals surface area contributed by atoms with Gasteiger partial charge >= 0.3 is 0 Å². The molecule has 0 saturated carbocycles. The molecule has 0 aliphatic carbocycles. The first-order chi connectivity index (χ1) is 16.6. The zero-order chi connectivity index (χ0) is 23.2. The van der Waals surface area contributed by atoms with Gasteiger partial charge in [0.05, 0.1) is 0 Å². The monoisotopic (exact) mass is 496 g/mol. The molecule has 0 radical (unpaired) electrons. The van der Waals surface area contributed by atoms with Gasteiger partial charge in [-0.25, -0.2) is 0 Å². The van der Waals surface area contributed by atoms with Gasteiger partial charge in [-0.2, -0.15) is 0 Å². The van der Waals surface area contributed by atoms with Gasteiger partial charge < -0.3 is 0 Å². The number of rotatable bonds is 6. The van der Waals surface area contributed by atoms with E-state index >= 15 is 0 Å². The SMILES string of the molecule is CC(C)c1csc2c(Cc3cc4cc(CC(C)c5scc6ccccc56)ccc4s3)cccc12. The van der Waals surface area contributed by atoms with Crippen molar-refractivity contribution in [1.82, 2.24) is 0 Å². The molecule has 0 nitrogen and oxygen atoms in total. The second-order valence-corrected chi connectivity index (χ2v) is 12.7. The van der Waals surface area contributed by atoms with Crippen LogP contribution in [-0.4, -0.2) is 0 Å². The van der Waals surface area contributed by atoms with Crippen LogP contribution in [0, 0.1) is 0 Å². The van der Waals surface area contributed by atoms with Crippen molar-refractivity contribution in [2.45, 2.75) is 45.4 Å². The Kier molecular flexibility index (Phi) is 5.81. The lowest BCUT2D eigenvalue weighted by atomic mass is 9.96. The van der Waals surface area contributed by atoms with Crippen molar-refractivity contribution in [2.75, 3.05) is 0 Å². The summed E-state index contributed by atoms with van der Waals surface area (Å²) in [6.45, 7) is 6.95. The van der Waals surface area contributed by atoms with E-state index in [0.717, 1.165) is 12.8 Å². The maximum absolute atomic E-state index is 2.42. The van der Waals surface area contributed by atoms with Crippen LogP contribution in [0.3, 0.4) is 0 Å². The molecule has 0 amide bonds. The molecule has 0 bridgehead atoms. The first-order valence-corrected chi connectivity index (χ1v) is 14.6. The summed E-state index contributed by atoms with van der Waals surface area (Å²) in [4.78, 5) is 2.96. The van der Waals surface area contributed by atoms with Crippen molar-refractivity contribution in [3.05, 3.63) is 104 Å². The summed E-state index contributed by atoms with van der Waals surface area (Å²) in [5.74, 6) is 1.09. The first-order valence-electron chi connectivity index (χ1n) is 12.0. The van der Waals surface area contributed by atoms with E-state index in [-0.39, 0.29) is 0 Å². The maximum Gasteiger partial charge on any atom is 0.0381 e. The molecule has 3 aromatic carbocycles. The van der Waals surface area contributed by atoms with Gasteiger partial charge in [-0.15, -0.1) is 34.0 Å². The van der Waals surface area contributed by atoms with Crippen molar-refractivity contribution < 1.29 is 0 Å². The van der Waals surface area contributed by atoms with Crippen molar-refractivity contribution in [3.63, 3.8) is 0 Å². The molecule has 0 fully saturated rings. The molecule has 0 spiro atoms. The van der Waals surface area contributed by atoms with Crippen LogP contribution in [0.5, 0.6) is 0 Å². The molecule has 0 aliphatic rings. The predicted octanol–water partition coefficient (Wildman–Crippen LogP) is 10.4. The minimum Gasteiger partial charge on any atom is -0.147 e. The summed E-state index contributed by atoms with van der Waals surface area (Å²) in [7, 11) is 0. The van der Waals surface area contributed by atoms with E-state index < -0.39 is 0 Å². The molecule has 1 unspecified atom stereocenters. The van der Waals surface area contributed by atoms with Gasteiger partial charge in [0.25, 0.3) is 0 Å². The Hall–Kier alpha value is -2.46. The van der Waals surface area contributed by atoms with Gasteiger partial charge in [-0.05, 0) is 79.4 Å². The van der Waals surface area contributed by atoms with Gasteiger partial charge in [-0.3, -0.25) is 0 Å². The molecule has 0 saturated heterocycles. The number of hydrogen-bond acceptors (Lipinski definition) is 3. The lowest BCUT2D eigenvalue weighted by Crippen LogP contribution is -1.96. The fraction of sp³-hybridized carbons (Fsp3) is 0.226. The van der Waals surface area contributed by atoms with Crippen LogP contribution in [0.4, 0.5) is 0 Å². The molecule has 3 heteroatoms. The van der Waals surface area contributed by atoms with Crippen molar-refractivity contribution >= 4 is 65.0 Å². The predicted molar refractivity (Wildman–Crippen MR) is 154 cm³/mol. The van der Waals surface area contributed by atoms with E-state index in [4.69, 9.17) is 0 Å². The van der Waals surface area contributed by atoms with Crippen LogP contribution < -0.4 is 0 Å². The number of fused-ring (bicyclic) bond motifs is 3. The number of thiophene rings is 3. The van der Waals surface area contributed by atoms with E-state index in [1.54, 1.807) is 0 Å². The molecular weight excluding hydrogens is 469 g/mol. The van der Waals surface area contributed by atoms with Crippen molar-refractivity contribution in [2.24, 2.45) is 0 Å². The molecule has 3 heterocycles. The fourth-order valence-corrected chi connectivity index (χ4v) is 8.52. The molecular formula is C31H28S3. The second kappa shape index (κ2) is 8.96. The number of hydrogen-bond donors (Lipinski definition) is 0.